The summed E-state index contributed by atoms with van der Waals surface area (Å²) in [5.74, 6) is 2.81. The average Bonchev–Trinajstić information content (AvgIpc) is 2.19. The minimum atomic E-state index is 0.273. The molecule has 0 aromatic carbocycles. The maximum absolute atomic E-state index is 5.44. The third-order valence-electron chi connectivity index (χ3n) is 2.51. The molecule has 2 heteroatoms. The largest absolute Gasteiger partial charge is 0.315 e. The van der Waals surface area contributed by atoms with E-state index in [4.69, 9.17) is 6.42 Å². The Kier molecular flexibility index (Phi) is 4.88. The Morgan fingerprint density at radius 1 is 1.69 bits per heavy atom. The lowest BCUT2D eigenvalue weighted by Crippen LogP contribution is -2.46. The molecule has 0 bridgehead atoms. The third-order valence-corrected chi connectivity index (χ3v) is 2.51. The van der Waals surface area contributed by atoms with Crippen LogP contribution in [0.5, 0.6) is 0 Å². The van der Waals surface area contributed by atoms with Crippen LogP contribution in [-0.2, 0) is 0 Å². The molecule has 1 saturated heterocycles. The fourth-order valence-electron chi connectivity index (χ4n) is 1.78. The zero-order valence-corrected chi connectivity index (χ0v) is 8.47. The standard InChI is InChI=1S/C11H20N2/c1-3-6-10(4-2)13-11-7-5-8-12-9-11/h2,10-13H,3,5-9H2,1H3. The van der Waals surface area contributed by atoms with Crippen molar-refractivity contribution in [1.29, 1.82) is 0 Å². The van der Waals surface area contributed by atoms with E-state index >= 15 is 0 Å². The summed E-state index contributed by atoms with van der Waals surface area (Å²) in [5.41, 5.74) is 0. The first kappa shape index (κ1) is 10.6. The van der Waals surface area contributed by atoms with Gasteiger partial charge in [-0.3, -0.25) is 5.32 Å². The van der Waals surface area contributed by atoms with E-state index in [9.17, 15) is 0 Å². The molecule has 1 fully saturated rings. The van der Waals surface area contributed by atoms with Gasteiger partial charge in [-0.1, -0.05) is 19.3 Å². The molecule has 74 valence electrons. The van der Waals surface area contributed by atoms with Crippen molar-refractivity contribution in [3.05, 3.63) is 0 Å². The smallest absolute Gasteiger partial charge is 0.0689 e. The molecule has 0 amide bonds. The molecule has 0 aliphatic carbocycles. The highest BCUT2D eigenvalue weighted by molar-refractivity contribution is 5.00. The van der Waals surface area contributed by atoms with Gasteiger partial charge < -0.3 is 5.32 Å². The molecule has 0 spiro atoms. The van der Waals surface area contributed by atoms with Crippen LogP contribution in [0.25, 0.3) is 0 Å². The van der Waals surface area contributed by atoms with E-state index in [1.165, 1.54) is 12.8 Å². The summed E-state index contributed by atoms with van der Waals surface area (Å²) in [4.78, 5) is 0. The number of rotatable bonds is 4. The van der Waals surface area contributed by atoms with Gasteiger partial charge in [0.25, 0.3) is 0 Å². The fourth-order valence-corrected chi connectivity index (χ4v) is 1.78. The average molecular weight is 180 g/mol. The van der Waals surface area contributed by atoms with E-state index in [-0.39, 0.29) is 6.04 Å². The van der Waals surface area contributed by atoms with Crippen molar-refractivity contribution in [2.45, 2.75) is 44.7 Å². The second-order valence-electron chi connectivity index (χ2n) is 3.72. The monoisotopic (exact) mass is 180 g/mol. The van der Waals surface area contributed by atoms with E-state index in [0.717, 1.165) is 25.9 Å². The van der Waals surface area contributed by atoms with E-state index in [0.29, 0.717) is 6.04 Å². The van der Waals surface area contributed by atoms with Gasteiger partial charge in [-0.2, -0.15) is 0 Å². The minimum Gasteiger partial charge on any atom is -0.315 e. The molecule has 2 N–H and O–H groups in total. The van der Waals surface area contributed by atoms with E-state index in [1.54, 1.807) is 0 Å². The van der Waals surface area contributed by atoms with Crippen LogP contribution >= 0.6 is 0 Å². The Bertz CT molecular complexity index is 165. The first-order valence-electron chi connectivity index (χ1n) is 5.29. The lowest BCUT2D eigenvalue weighted by Gasteiger charge is -2.26. The maximum Gasteiger partial charge on any atom is 0.0689 e. The highest BCUT2D eigenvalue weighted by Crippen LogP contribution is 2.04. The van der Waals surface area contributed by atoms with Crippen LogP contribution in [-0.4, -0.2) is 25.2 Å². The summed E-state index contributed by atoms with van der Waals surface area (Å²) < 4.78 is 0. The van der Waals surface area contributed by atoms with E-state index in [1.807, 2.05) is 0 Å². The van der Waals surface area contributed by atoms with Gasteiger partial charge >= 0.3 is 0 Å². The summed E-state index contributed by atoms with van der Waals surface area (Å²) in [6.45, 7) is 4.40. The normalized spacial score (nSPS) is 25.1. The number of hydrogen-bond acceptors (Lipinski definition) is 2. The molecule has 2 unspecified atom stereocenters. The predicted octanol–water partition coefficient (Wildman–Crippen LogP) is 1.13. The molecule has 1 aliphatic heterocycles. The van der Waals surface area contributed by atoms with Crippen LogP contribution in [0.15, 0.2) is 0 Å². The Labute approximate surface area is 81.5 Å². The van der Waals surface area contributed by atoms with Crippen molar-refractivity contribution >= 4 is 0 Å². The van der Waals surface area contributed by atoms with Crippen LogP contribution in [0.4, 0.5) is 0 Å². The molecule has 2 atom stereocenters. The highest BCUT2D eigenvalue weighted by Gasteiger charge is 2.15. The summed E-state index contributed by atoms with van der Waals surface area (Å²) >= 11 is 0. The highest BCUT2D eigenvalue weighted by atomic mass is 15.0. The quantitative estimate of drug-likeness (QED) is 0.634. The summed E-state index contributed by atoms with van der Waals surface area (Å²) in [5, 5.41) is 6.88. The molecule has 1 aliphatic rings. The summed E-state index contributed by atoms with van der Waals surface area (Å²) in [7, 11) is 0. The molecule has 0 aromatic rings. The second kappa shape index (κ2) is 6.01. The van der Waals surface area contributed by atoms with E-state index in [2.05, 4.69) is 23.5 Å². The van der Waals surface area contributed by atoms with Gasteiger partial charge in [-0.15, -0.1) is 6.42 Å². The van der Waals surface area contributed by atoms with Crippen LogP contribution in [0.3, 0.4) is 0 Å². The SMILES string of the molecule is C#CC(CCC)NC1CCCNC1. The molecule has 0 radical (unpaired) electrons. The van der Waals surface area contributed by atoms with Gasteiger partial charge in [0, 0.05) is 12.6 Å². The van der Waals surface area contributed by atoms with Crippen LogP contribution in [0, 0.1) is 12.3 Å². The van der Waals surface area contributed by atoms with Crippen molar-refractivity contribution in [2.75, 3.05) is 13.1 Å². The minimum absolute atomic E-state index is 0.273. The summed E-state index contributed by atoms with van der Waals surface area (Å²) in [6.07, 6.45) is 10.2. The number of terminal acetylenes is 1. The van der Waals surface area contributed by atoms with Gasteiger partial charge in [-0.25, -0.2) is 0 Å². The van der Waals surface area contributed by atoms with Crippen molar-refractivity contribution in [1.82, 2.24) is 10.6 Å². The Balaban J connectivity index is 2.24. The Hall–Kier alpha value is -0.520. The first-order valence-corrected chi connectivity index (χ1v) is 5.29. The lowest BCUT2D eigenvalue weighted by molar-refractivity contribution is 0.367. The second-order valence-corrected chi connectivity index (χ2v) is 3.72. The molecular weight excluding hydrogens is 160 g/mol. The van der Waals surface area contributed by atoms with Gasteiger partial charge in [0.05, 0.1) is 6.04 Å². The number of piperidine rings is 1. The molecule has 13 heavy (non-hydrogen) atoms. The predicted molar refractivity (Wildman–Crippen MR) is 56.6 cm³/mol. The van der Waals surface area contributed by atoms with Gasteiger partial charge in [0.2, 0.25) is 0 Å². The number of nitrogens with one attached hydrogen (secondary N) is 2. The lowest BCUT2D eigenvalue weighted by atomic mass is 10.1. The van der Waals surface area contributed by atoms with Crippen molar-refractivity contribution in [3.63, 3.8) is 0 Å². The molecule has 0 saturated carbocycles. The Morgan fingerprint density at radius 3 is 3.08 bits per heavy atom. The van der Waals surface area contributed by atoms with Crippen molar-refractivity contribution in [2.24, 2.45) is 0 Å². The van der Waals surface area contributed by atoms with E-state index < -0.39 is 0 Å². The molecule has 1 rings (SSSR count). The first-order chi connectivity index (χ1) is 6.36. The molecular formula is C11H20N2. The van der Waals surface area contributed by atoms with Gasteiger partial charge in [-0.05, 0) is 25.8 Å². The zero-order chi connectivity index (χ0) is 9.52. The van der Waals surface area contributed by atoms with Crippen molar-refractivity contribution in [3.8, 4) is 12.3 Å². The maximum atomic E-state index is 5.44. The van der Waals surface area contributed by atoms with Crippen molar-refractivity contribution < 1.29 is 0 Å². The van der Waals surface area contributed by atoms with Crippen LogP contribution in [0.2, 0.25) is 0 Å². The number of hydrogen-bond donors (Lipinski definition) is 2. The molecule has 0 aromatic heterocycles. The molecule has 2 nitrogen and oxygen atoms in total. The topological polar surface area (TPSA) is 24.1 Å². The van der Waals surface area contributed by atoms with Crippen LogP contribution < -0.4 is 10.6 Å². The summed E-state index contributed by atoms with van der Waals surface area (Å²) in [6, 6.07) is 0.858. The Morgan fingerprint density at radius 2 is 2.54 bits per heavy atom. The molecule has 1 heterocycles. The van der Waals surface area contributed by atoms with Crippen LogP contribution in [0.1, 0.15) is 32.6 Å². The third kappa shape index (κ3) is 3.80. The zero-order valence-electron chi connectivity index (χ0n) is 8.47. The van der Waals surface area contributed by atoms with Gasteiger partial charge in [0.15, 0.2) is 0 Å². The van der Waals surface area contributed by atoms with Gasteiger partial charge in [0.1, 0.15) is 0 Å². The fraction of sp³-hybridized carbons (Fsp3) is 0.818.